The number of carboxylic acid groups (broad SMARTS) is 1. The lowest BCUT2D eigenvalue weighted by Gasteiger charge is -2.05. The molecule has 0 aliphatic carbocycles. The lowest BCUT2D eigenvalue weighted by molar-refractivity contribution is 0.0699. The maximum Gasteiger partial charge on any atom is 0.336 e. The second kappa shape index (κ2) is 3.98. The second-order valence-corrected chi connectivity index (χ2v) is 3.70. The fourth-order valence-corrected chi connectivity index (χ4v) is 2.00. The Morgan fingerprint density at radius 1 is 1.44 bits per heavy atom. The molecule has 0 bridgehead atoms. The van der Waals surface area contributed by atoms with Crippen LogP contribution in [0.5, 0.6) is 0 Å². The summed E-state index contributed by atoms with van der Waals surface area (Å²) in [5.74, 6) is -0.924. The average Bonchev–Trinajstić information content (AvgIpc) is 2.56. The smallest absolute Gasteiger partial charge is 0.336 e. The van der Waals surface area contributed by atoms with Crippen LogP contribution in [0.3, 0.4) is 0 Å². The number of hydrogen-bond donors (Lipinski definition) is 2. The van der Waals surface area contributed by atoms with Gasteiger partial charge in [0.1, 0.15) is 0 Å². The van der Waals surface area contributed by atoms with Crippen molar-refractivity contribution < 1.29 is 15.0 Å². The van der Waals surface area contributed by atoms with E-state index in [0.29, 0.717) is 12.1 Å². The van der Waals surface area contributed by atoms with Crippen molar-refractivity contribution in [3.63, 3.8) is 0 Å². The number of hydrogen-bond acceptors (Lipinski definition) is 2. The standard InChI is InChI=1S/C12H13NO3/c1-8-7-10-9(12(15)16)3-2-4-11(10)13(8)5-6-14/h2-4,7,14H,5-6H2,1H3,(H,15,16). The molecule has 1 aromatic carbocycles. The highest BCUT2D eigenvalue weighted by Gasteiger charge is 2.12. The molecule has 1 heterocycles. The normalized spacial score (nSPS) is 10.9. The van der Waals surface area contributed by atoms with Gasteiger partial charge in [-0.3, -0.25) is 0 Å². The summed E-state index contributed by atoms with van der Waals surface area (Å²) in [5, 5.41) is 18.7. The van der Waals surface area contributed by atoms with Crippen LogP contribution in [0.25, 0.3) is 10.9 Å². The van der Waals surface area contributed by atoms with Crippen molar-refractivity contribution >= 4 is 16.9 Å². The SMILES string of the molecule is Cc1cc2c(C(=O)O)cccc2n1CCO. The average molecular weight is 219 g/mol. The maximum atomic E-state index is 11.0. The minimum absolute atomic E-state index is 0.0436. The Morgan fingerprint density at radius 3 is 2.81 bits per heavy atom. The van der Waals surface area contributed by atoms with E-state index in [2.05, 4.69) is 0 Å². The van der Waals surface area contributed by atoms with E-state index < -0.39 is 5.97 Å². The van der Waals surface area contributed by atoms with Crippen LogP contribution in [0.2, 0.25) is 0 Å². The first-order valence-corrected chi connectivity index (χ1v) is 5.08. The molecular weight excluding hydrogens is 206 g/mol. The molecule has 84 valence electrons. The van der Waals surface area contributed by atoms with E-state index >= 15 is 0 Å². The molecule has 0 saturated heterocycles. The van der Waals surface area contributed by atoms with Crippen LogP contribution < -0.4 is 0 Å². The molecule has 4 heteroatoms. The van der Waals surface area contributed by atoms with Crippen LogP contribution in [0.15, 0.2) is 24.3 Å². The van der Waals surface area contributed by atoms with Crippen LogP contribution in [0.4, 0.5) is 0 Å². The molecule has 2 rings (SSSR count). The highest BCUT2D eigenvalue weighted by Crippen LogP contribution is 2.23. The number of aromatic carboxylic acids is 1. The minimum atomic E-state index is -0.924. The van der Waals surface area contributed by atoms with Crippen molar-refractivity contribution in [1.82, 2.24) is 4.57 Å². The third-order valence-electron chi connectivity index (χ3n) is 2.71. The van der Waals surface area contributed by atoms with Gasteiger partial charge in [0.25, 0.3) is 0 Å². The summed E-state index contributed by atoms with van der Waals surface area (Å²) in [4.78, 5) is 11.0. The van der Waals surface area contributed by atoms with E-state index in [-0.39, 0.29) is 6.61 Å². The molecule has 0 radical (unpaired) electrons. The monoisotopic (exact) mass is 219 g/mol. The van der Waals surface area contributed by atoms with Gasteiger partial charge in [-0.15, -0.1) is 0 Å². The molecule has 0 fully saturated rings. The van der Waals surface area contributed by atoms with Gasteiger partial charge in [-0.05, 0) is 25.1 Å². The second-order valence-electron chi connectivity index (χ2n) is 3.70. The predicted molar refractivity (Wildman–Crippen MR) is 60.7 cm³/mol. The largest absolute Gasteiger partial charge is 0.478 e. The summed E-state index contributed by atoms with van der Waals surface area (Å²) in [6.45, 7) is 2.43. The topological polar surface area (TPSA) is 62.5 Å². The molecule has 0 saturated carbocycles. The molecule has 4 nitrogen and oxygen atoms in total. The Bertz CT molecular complexity index is 542. The van der Waals surface area contributed by atoms with E-state index in [0.717, 1.165) is 16.6 Å². The van der Waals surface area contributed by atoms with Crippen molar-refractivity contribution in [3.8, 4) is 0 Å². The maximum absolute atomic E-state index is 11.0. The number of aromatic nitrogens is 1. The van der Waals surface area contributed by atoms with Crippen LogP contribution in [0.1, 0.15) is 16.1 Å². The van der Waals surface area contributed by atoms with Crippen molar-refractivity contribution in [2.75, 3.05) is 6.61 Å². The molecule has 1 aromatic heterocycles. The van der Waals surface area contributed by atoms with Gasteiger partial charge in [-0.1, -0.05) is 6.07 Å². The number of rotatable bonds is 3. The molecule has 0 aliphatic rings. The highest BCUT2D eigenvalue weighted by molar-refractivity contribution is 6.03. The number of aryl methyl sites for hydroxylation is 1. The molecule has 0 atom stereocenters. The van der Waals surface area contributed by atoms with Gasteiger partial charge in [0.15, 0.2) is 0 Å². The Kier molecular flexibility index (Phi) is 2.66. The first-order chi connectivity index (χ1) is 7.65. The number of carboxylic acids is 1. The van der Waals surface area contributed by atoms with E-state index in [1.165, 1.54) is 0 Å². The van der Waals surface area contributed by atoms with E-state index in [9.17, 15) is 4.79 Å². The van der Waals surface area contributed by atoms with Crippen molar-refractivity contribution in [1.29, 1.82) is 0 Å². The summed E-state index contributed by atoms with van der Waals surface area (Å²) in [7, 11) is 0. The lowest BCUT2D eigenvalue weighted by Crippen LogP contribution is -2.03. The minimum Gasteiger partial charge on any atom is -0.478 e. The van der Waals surface area contributed by atoms with Gasteiger partial charge in [-0.25, -0.2) is 4.79 Å². The van der Waals surface area contributed by atoms with Crippen molar-refractivity contribution in [3.05, 3.63) is 35.5 Å². The Balaban J connectivity index is 2.72. The van der Waals surface area contributed by atoms with Gasteiger partial charge in [-0.2, -0.15) is 0 Å². The fraction of sp³-hybridized carbons (Fsp3) is 0.250. The summed E-state index contributed by atoms with van der Waals surface area (Å²) < 4.78 is 1.92. The van der Waals surface area contributed by atoms with Gasteiger partial charge < -0.3 is 14.8 Å². The van der Waals surface area contributed by atoms with Gasteiger partial charge in [0.2, 0.25) is 0 Å². The Labute approximate surface area is 92.7 Å². The van der Waals surface area contributed by atoms with Gasteiger partial charge >= 0.3 is 5.97 Å². The lowest BCUT2D eigenvalue weighted by atomic mass is 10.1. The number of nitrogens with zero attached hydrogens (tertiary/aromatic N) is 1. The number of carbonyl (C=O) groups is 1. The summed E-state index contributed by atoms with van der Waals surface area (Å²) >= 11 is 0. The zero-order valence-electron chi connectivity index (χ0n) is 8.97. The van der Waals surface area contributed by atoms with Crippen LogP contribution in [-0.4, -0.2) is 27.4 Å². The Hall–Kier alpha value is -1.81. The van der Waals surface area contributed by atoms with Crippen LogP contribution in [-0.2, 0) is 6.54 Å². The van der Waals surface area contributed by atoms with E-state index in [1.807, 2.05) is 23.6 Å². The Morgan fingerprint density at radius 2 is 2.19 bits per heavy atom. The molecule has 16 heavy (non-hydrogen) atoms. The number of fused-ring (bicyclic) bond motifs is 1. The summed E-state index contributed by atoms with van der Waals surface area (Å²) in [6.07, 6.45) is 0. The first kappa shape index (κ1) is 10.7. The van der Waals surface area contributed by atoms with E-state index in [1.54, 1.807) is 12.1 Å². The molecule has 2 N–H and O–H groups in total. The highest BCUT2D eigenvalue weighted by atomic mass is 16.4. The first-order valence-electron chi connectivity index (χ1n) is 5.08. The molecule has 0 unspecified atom stereocenters. The predicted octanol–water partition coefficient (Wildman–Crippen LogP) is 1.64. The van der Waals surface area contributed by atoms with Crippen LogP contribution >= 0.6 is 0 Å². The molecule has 2 aromatic rings. The number of aliphatic hydroxyl groups excluding tert-OH is 1. The van der Waals surface area contributed by atoms with Crippen LogP contribution in [0, 0.1) is 6.92 Å². The van der Waals surface area contributed by atoms with E-state index in [4.69, 9.17) is 10.2 Å². The molecular formula is C12H13NO3. The van der Waals surface area contributed by atoms with Crippen molar-refractivity contribution in [2.24, 2.45) is 0 Å². The summed E-state index contributed by atoms with van der Waals surface area (Å²) in [6, 6.07) is 7.02. The zero-order valence-corrected chi connectivity index (χ0v) is 8.97. The number of aliphatic hydroxyl groups is 1. The zero-order chi connectivity index (χ0) is 11.7. The quantitative estimate of drug-likeness (QED) is 0.824. The van der Waals surface area contributed by atoms with Gasteiger partial charge in [0.05, 0.1) is 12.2 Å². The fourth-order valence-electron chi connectivity index (χ4n) is 2.00. The molecule has 0 aliphatic heterocycles. The van der Waals surface area contributed by atoms with Crippen molar-refractivity contribution in [2.45, 2.75) is 13.5 Å². The summed E-state index contributed by atoms with van der Waals surface area (Å²) in [5.41, 5.74) is 2.11. The van der Waals surface area contributed by atoms with Gasteiger partial charge in [0, 0.05) is 23.1 Å². The number of benzene rings is 1. The molecule has 0 spiro atoms. The molecule has 0 amide bonds. The third-order valence-corrected chi connectivity index (χ3v) is 2.71. The third kappa shape index (κ3) is 1.57.